The molecule has 0 amide bonds. The maximum Gasteiger partial charge on any atom is 0.326 e. The number of aromatic nitrogens is 2. The highest BCUT2D eigenvalue weighted by atomic mass is 19.1. The summed E-state index contributed by atoms with van der Waals surface area (Å²) in [6.45, 7) is 1.89. The molecule has 1 aromatic carbocycles. The van der Waals surface area contributed by atoms with Crippen LogP contribution in [-0.4, -0.2) is 9.55 Å². The Bertz CT molecular complexity index is 498. The maximum atomic E-state index is 12.7. The molecule has 1 aromatic heterocycles. The highest BCUT2D eigenvalue weighted by molar-refractivity contribution is 5.20. The minimum absolute atomic E-state index is 0.0932. The van der Waals surface area contributed by atoms with Crippen LogP contribution >= 0.6 is 0 Å². The van der Waals surface area contributed by atoms with Crippen LogP contribution in [0.2, 0.25) is 0 Å². The average molecular weight is 206 g/mol. The van der Waals surface area contributed by atoms with E-state index in [0.717, 1.165) is 5.56 Å². The molecule has 0 bridgehead atoms. The fraction of sp³-hybridized carbons (Fsp3) is 0.182. The van der Waals surface area contributed by atoms with E-state index in [2.05, 4.69) is 4.98 Å². The number of rotatable bonds is 2. The first-order chi connectivity index (χ1) is 7.18. The summed E-state index contributed by atoms with van der Waals surface area (Å²) >= 11 is 0. The minimum atomic E-state index is -0.271. The van der Waals surface area contributed by atoms with Gasteiger partial charge in [0.2, 0.25) is 0 Å². The Balaban J connectivity index is 2.36. The van der Waals surface area contributed by atoms with Gasteiger partial charge in [-0.1, -0.05) is 12.1 Å². The standard InChI is InChI=1S/C11H11FN2O/c1-8(14-7-6-13-11(14)15)9-2-4-10(12)5-3-9/h2-8H,1H3,(H,13,15). The highest BCUT2D eigenvalue weighted by Gasteiger charge is 2.09. The molecule has 0 fully saturated rings. The molecule has 1 atom stereocenters. The zero-order valence-corrected chi connectivity index (χ0v) is 8.27. The summed E-state index contributed by atoms with van der Waals surface area (Å²) in [5, 5.41) is 0. The van der Waals surface area contributed by atoms with Gasteiger partial charge >= 0.3 is 5.69 Å². The molecule has 4 heteroatoms. The average Bonchev–Trinajstić information content (AvgIpc) is 2.65. The maximum absolute atomic E-state index is 12.7. The fourth-order valence-corrected chi connectivity index (χ4v) is 1.54. The Kier molecular flexibility index (Phi) is 2.41. The van der Waals surface area contributed by atoms with Crippen LogP contribution in [0.5, 0.6) is 0 Å². The van der Waals surface area contributed by atoms with Gasteiger partial charge in [-0.15, -0.1) is 0 Å². The van der Waals surface area contributed by atoms with Gasteiger partial charge in [0.1, 0.15) is 5.82 Å². The molecule has 2 aromatic rings. The number of hydrogen-bond donors (Lipinski definition) is 1. The highest BCUT2D eigenvalue weighted by Crippen LogP contribution is 2.15. The lowest BCUT2D eigenvalue weighted by atomic mass is 10.1. The first kappa shape index (κ1) is 9.71. The van der Waals surface area contributed by atoms with Crippen LogP contribution in [-0.2, 0) is 0 Å². The predicted molar refractivity (Wildman–Crippen MR) is 55.3 cm³/mol. The molecule has 0 aliphatic carbocycles. The zero-order valence-electron chi connectivity index (χ0n) is 8.27. The summed E-state index contributed by atoms with van der Waals surface area (Å²) in [5.41, 5.74) is 0.741. The molecular formula is C11H11FN2O. The van der Waals surface area contributed by atoms with Gasteiger partial charge in [0.25, 0.3) is 0 Å². The van der Waals surface area contributed by atoms with Gasteiger partial charge < -0.3 is 4.98 Å². The van der Waals surface area contributed by atoms with Crippen LogP contribution in [0.4, 0.5) is 4.39 Å². The Morgan fingerprint density at radius 2 is 2.00 bits per heavy atom. The van der Waals surface area contributed by atoms with Crippen molar-refractivity contribution in [2.45, 2.75) is 13.0 Å². The smallest absolute Gasteiger partial charge is 0.313 e. The summed E-state index contributed by atoms with van der Waals surface area (Å²) in [4.78, 5) is 13.9. The van der Waals surface area contributed by atoms with E-state index in [1.807, 2.05) is 6.92 Å². The van der Waals surface area contributed by atoms with E-state index in [1.165, 1.54) is 12.1 Å². The summed E-state index contributed by atoms with van der Waals surface area (Å²) in [5.74, 6) is -0.271. The number of imidazole rings is 1. The third kappa shape index (κ3) is 1.83. The quantitative estimate of drug-likeness (QED) is 0.800. The number of benzene rings is 1. The van der Waals surface area contributed by atoms with Crippen molar-refractivity contribution in [3.05, 3.63) is 58.5 Å². The van der Waals surface area contributed by atoms with Crippen molar-refractivity contribution in [2.75, 3.05) is 0 Å². The van der Waals surface area contributed by atoms with E-state index in [1.54, 1.807) is 29.1 Å². The van der Waals surface area contributed by atoms with Crippen molar-refractivity contribution < 1.29 is 4.39 Å². The molecular weight excluding hydrogens is 195 g/mol. The molecule has 0 saturated carbocycles. The number of aromatic amines is 1. The zero-order chi connectivity index (χ0) is 10.8. The van der Waals surface area contributed by atoms with Gasteiger partial charge in [0.05, 0.1) is 6.04 Å². The van der Waals surface area contributed by atoms with Crippen LogP contribution in [0, 0.1) is 5.82 Å². The van der Waals surface area contributed by atoms with Crippen molar-refractivity contribution in [3.8, 4) is 0 Å². The first-order valence-electron chi connectivity index (χ1n) is 4.69. The van der Waals surface area contributed by atoms with E-state index in [0.29, 0.717) is 0 Å². The Labute approximate surface area is 86.2 Å². The third-order valence-electron chi connectivity index (χ3n) is 2.45. The molecule has 15 heavy (non-hydrogen) atoms. The molecule has 2 rings (SSSR count). The van der Waals surface area contributed by atoms with Gasteiger partial charge in [-0.25, -0.2) is 9.18 Å². The summed E-state index contributed by atoms with van der Waals surface area (Å²) in [7, 11) is 0. The third-order valence-corrected chi connectivity index (χ3v) is 2.45. The van der Waals surface area contributed by atoms with Crippen LogP contribution < -0.4 is 5.69 Å². The summed E-state index contributed by atoms with van der Waals surface area (Å²) < 4.78 is 14.3. The normalized spacial score (nSPS) is 12.7. The van der Waals surface area contributed by atoms with Crippen LogP contribution in [0.3, 0.4) is 0 Å². The van der Waals surface area contributed by atoms with E-state index in [-0.39, 0.29) is 17.5 Å². The van der Waals surface area contributed by atoms with Gasteiger partial charge in [-0.3, -0.25) is 4.57 Å². The van der Waals surface area contributed by atoms with Gasteiger partial charge in [0, 0.05) is 12.4 Å². The van der Waals surface area contributed by atoms with E-state index in [9.17, 15) is 9.18 Å². The van der Waals surface area contributed by atoms with Crippen molar-refractivity contribution in [2.24, 2.45) is 0 Å². The largest absolute Gasteiger partial charge is 0.326 e. The van der Waals surface area contributed by atoms with Crippen molar-refractivity contribution in [1.29, 1.82) is 0 Å². The number of nitrogens with zero attached hydrogens (tertiary/aromatic N) is 1. The molecule has 1 N–H and O–H groups in total. The first-order valence-corrected chi connectivity index (χ1v) is 4.69. The van der Waals surface area contributed by atoms with Gasteiger partial charge in [0.15, 0.2) is 0 Å². The second-order valence-electron chi connectivity index (χ2n) is 3.40. The second-order valence-corrected chi connectivity index (χ2v) is 3.40. The minimum Gasteiger partial charge on any atom is -0.313 e. The molecule has 0 spiro atoms. The van der Waals surface area contributed by atoms with E-state index >= 15 is 0 Å². The predicted octanol–water partition coefficient (Wildman–Crippen LogP) is 1.92. The topological polar surface area (TPSA) is 37.8 Å². The van der Waals surface area contributed by atoms with Crippen LogP contribution in [0.15, 0.2) is 41.5 Å². The van der Waals surface area contributed by atoms with Crippen LogP contribution in [0.1, 0.15) is 18.5 Å². The van der Waals surface area contributed by atoms with Gasteiger partial charge in [-0.2, -0.15) is 0 Å². The summed E-state index contributed by atoms with van der Waals surface area (Å²) in [6.07, 6.45) is 3.26. The molecule has 0 saturated heterocycles. The lowest BCUT2D eigenvalue weighted by molar-refractivity contribution is 0.605. The van der Waals surface area contributed by atoms with Crippen LogP contribution in [0.25, 0.3) is 0 Å². The van der Waals surface area contributed by atoms with Crippen molar-refractivity contribution >= 4 is 0 Å². The Morgan fingerprint density at radius 1 is 1.33 bits per heavy atom. The molecule has 0 aliphatic heterocycles. The number of hydrogen-bond acceptors (Lipinski definition) is 1. The monoisotopic (exact) mass is 206 g/mol. The Hall–Kier alpha value is -1.84. The lowest BCUT2D eigenvalue weighted by Crippen LogP contribution is -2.20. The number of nitrogens with one attached hydrogen (secondary N) is 1. The molecule has 78 valence electrons. The molecule has 3 nitrogen and oxygen atoms in total. The van der Waals surface area contributed by atoms with E-state index < -0.39 is 0 Å². The second kappa shape index (κ2) is 3.73. The molecule has 0 aliphatic rings. The lowest BCUT2D eigenvalue weighted by Gasteiger charge is -2.12. The van der Waals surface area contributed by atoms with Crippen molar-refractivity contribution in [3.63, 3.8) is 0 Å². The number of halogens is 1. The molecule has 0 radical (unpaired) electrons. The number of H-pyrrole nitrogens is 1. The Morgan fingerprint density at radius 3 is 2.53 bits per heavy atom. The summed E-state index contributed by atoms with van der Waals surface area (Å²) in [6, 6.07) is 6.05. The van der Waals surface area contributed by atoms with Gasteiger partial charge in [-0.05, 0) is 24.6 Å². The fourth-order valence-electron chi connectivity index (χ4n) is 1.54. The van der Waals surface area contributed by atoms with E-state index in [4.69, 9.17) is 0 Å². The van der Waals surface area contributed by atoms with Crippen molar-refractivity contribution in [1.82, 2.24) is 9.55 Å². The molecule has 1 unspecified atom stereocenters. The molecule has 1 heterocycles. The SMILES string of the molecule is CC(c1ccc(F)cc1)n1cc[nH]c1=O.